The molecule has 0 spiro atoms. The topological polar surface area (TPSA) is 72.0 Å². The Morgan fingerprint density at radius 3 is 1.97 bits per heavy atom. The Labute approximate surface area is 196 Å². The molecule has 1 aliphatic rings. The average molecular weight is 536 g/mol. The molecule has 2 aromatic rings. The van der Waals surface area contributed by atoms with Crippen LogP contribution in [0.4, 0.5) is 0 Å². The van der Waals surface area contributed by atoms with Crippen molar-refractivity contribution in [2.75, 3.05) is 5.75 Å². The Balaban J connectivity index is 0.00000146. The SMILES string of the molecule is [CH3-].[Cl][Ru+3].[NH-]C(c1ccccc1)C([N-]S(=O)(=O)CCC1CCCCC1)c1ccccc1. The van der Waals surface area contributed by atoms with Crippen molar-refractivity contribution < 1.29 is 25.7 Å². The number of halogens is 1. The monoisotopic (exact) mass is 536 g/mol. The van der Waals surface area contributed by atoms with E-state index >= 15 is 0 Å². The zero-order valence-corrected chi connectivity index (χ0v) is 20.7. The van der Waals surface area contributed by atoms with Crippen LogP contribution in [0.1, 0.15) is 61.7 Å². The fourth-order valence-electron chi connectivity index (χ4n) is 3.82. The van der Waals surface area contributed by atoms with Gasteiger partial charge in [-0.05, 0) is 12.3 Å². The standard InChI is InChI=1S/C22H28N2O2S.CH3.ClH.Ru/c23-21(19-12-6-2-7-13-19)22(20-14-8-3-9-15-20)24-27(25,26)17-16-18-10-4-1-5-11-18;;;/h2-3,6-9,12-15,18,21-23H,1,4-5,10-11,16-17H2;1H3;1H;/q-2;-1;;+4/p-1. The van der Waals surface area contributed by atoms with Crippen LogP contribution in [0, 0.1) is 13.3 Å². The van der Waals surface area contributed by atoms with Gasteiger partial charge in [0, 0.05) is 5.75 Å². The molecule has 1 aliphatic carbocycles. The molecule has 0 bridgehead atoms. The van der Waals surface area contributed by atoms with Crippen LogP contribution in [0.2, 0.25) is 0 Å². The van der Waals surface area contributed by atoms with Gasteiger partial charge >= 0.3 is 27.0 Å². The van der Waals surface area contributed by atoms with Crippen molar-refractivity contribution in [2.24, 2.45) is 5.92 Å². The van der Waals surface area contributed by atoms with E-state index in [4.69, 9.17) is 5.73 Å². The van der Waals surface area contributed by atoms with Gasteiger partial charge in [-0.3, -0.25) is 0 Å². The first-order valence-electron chi connectivity index (χ1n) is 9.94. The van der Waals surface area contributed by atoms with E-state index in [1.807, 2.05) is 78.0 Å². The van der Waals surface area contributed by atoms with Crippen molar-refractivity contribution >= 4 is 19.7 Å². The van der Waals surface area contributed by atoms with Crippen LogP contribution < -0.4 is 0 Å². The summed E-state index contributed by atoms with van der Waals surface area (Å²) in [6.07, 6.45) is 6.61. The summed E-state index contributed by atoms with van der Waals surface area (Å²) < 4.78 is 29.7. The van der Waals surface area contributed by atoms with Gasteiger partial charge in [-0.15, -0.1) is 12.1 Å². The minimum Gasteiger partial charge on any atom is -0.672 e. The van der Waals surface area contributed by atoms with E-state index in [2.05, 4.69) is 14.4 Å². The van der Waals surface area contributed by atoms with Crippen molar-refractivity contribution in [1.82, 2.24) is 0 Å². The summed E-state index contributed by atoms with van der Waals surface area (Å²) in [6, 6.07) is 17.2. The first kappa shape index (κ1) is 27.3. The van der Waals surface area contributed by atoms with Crippen LogP contribution in [-0.2, 0) is 27.3 Å². The van der Waals surface area contributed by atoms with Gasteiger partial charge < -0.3 is 17.9 Å². The predicted octanol–water partition coefficient (Wildman–Crippen LogP) is 7.33. The summed E-state index contributed by atoms with van der Waals surface area (Å²) >= 11 is 1.82. The molecule has 1 N–H and O–H groups in total. The Morgan fingerprint density at radius 2 is 1.43 bits per heavy atom. The molecule has 7 heteroatoms. The van der Waals surface area contributed by atoms with E-state index in [-0.39, 0.29) is 13.2 Å². The molecule has 3 rings (SSSR count). The van der Waals surface area contributed by atoms with Crippen LogP contribution >= 0.6 is 9.69 Å². The second kappa shape index (κ2) is 14.3. The molecule has 0 heterocycles. The van der Waals surface area contributed by atoms with Gasteiger partial charge in [-0.2, -0.15) is 0 Å². The second-order valence-corrected chi connectivity index (χ2v) is 9.21. The molecule has 0 aliphatic heterocycles. The molecular formula is C23H31ClN2O2RuS. The van der Waals surface area contributed by atoms with Gasteiger partial charge in [0.2, 0.25) is 0 Å². The maximum Gasteiger partial charge on any atom is 0.0725 e. The molecule has 2 unspecified atom stereocenters. The van der Waals surface area contributed by atoms with E-state index in [1.54, 1.807) is 0 Å². The number of rotatable bonds is 8. The third-order valence-corrected chi connectivity index (χ3v) is 6.70. The number of nitrogens with zero attached hydrogens (tertiary/aromatic N) is 1. The van der Waals surface area contributed by atoms with Gasteiger partial charge in [0.15, 0.2) is 0 Å². The van der Waals surface area contributed by atoms with Gasteiger partial charge in [-0.25, -0.2) is 8.42 Å². The Bertz CT molecular complexity index is 800. The number of sulfonamides is 1. The Morgan fingerprint density at radius 1 is 0.933 bits per heavy atom. The molecule has 166 valence electrons. The smallest absolute Gasteiger partial charge is 0.0725 e. The number of hydrogen-bond donors (Lipinski definition) is 0. The molecule has 0 saturated heterocycles. The normalized spacial score (nSPS) is 16.5. The van der Waals surface area contributed by atoms with Gasteiger partial charge in [0.25, 0.3) is 0 Å². The largest absolute Gasteiger partial charge is 0.672 e. The van der Waals surface area contributed by atoms with Crippen molar-refractivity contribution in [2.45, 2.75) is 50.6 Å². The molecule has 1 fully saturated rings. The first-order chi connectivity index (χ1) is 14.1. The van der Waals surface area contributed by atoms with Crippen molar-refractivity contribution in [3.05, 3.63) is 89.7 Å². The van der Waals surface area contributed by atoms with E-state index in [0.29, 0.717) is 12.3 Å². The maximum absolute atomic E-state index is 12.7. The van der Waals surface area contributed by atoms with Crippen molar-refractivity contribution in [3.8, 4) is 0 Å². The number of nitrogens with one attached hydrogen (secondary N) is 1. The maximum atomic E-state index is 12.7. The molecule has 2 atom stereocenters. The predicted molar refractivity (Wildman–Crippen MR) is 123 cm³/mol. The van der Waals surface area contributed by atoms with E-state index < -0.39 is 22.1 Å². The molecule has 0 aromatic heterocycles. The van der Waals surface area contributed by atoms with Crippen LogP contribution in [0.3, 0.4) is 0 Å². The Kier molecular flexibility index (Phi) is 13.0. The fraction of sp³-hybridized carbons (Fsp3) is 0.435. The van der Waals surface area contributed by atoms with Crippen LogP contribution in [-0.4, -0.2) is 14.2 Å². The Hall–Kier alpha value is -0.777. The van der Waals surface area contributed by atoms with Crippen LogP contribution in [0.25, 0.3) is 10.5 Å². The summed E-state index contributed by atoms with van der Waals surface area (Å²) in [6.45, 7) is 0. The number of benzene rings is 2. The molecular weight excluding hydrogens is 505 g/mol. The molecule has 1 saturated carbocycles. The third-order valence-electron chi connectivity index (χ3n) is 5.40. The first-order valence-corrected chi connectivity index (χ1v) is 13.8. The van der Waals surface area contributed by atoms with E-state index in [1.165, 1.54) is 19.3 Å². The summed E-state index contributed by atoms with van der Waals surface area (Å²) in [5.74, 6) is 0.586. The second-order valence-electron chi connectivity index (χ2n) is 7.43. The zero-order valence-electron chi connectivity index (χ0n) is 17.4. The molecule has 4 nitrogen and oxygen atoms in total. The summed E-state index contributed by atoms with van der Waals surface area (Å²) in [4.78, 5) is 0. The molecule has 2 aromatic carbocycles. The molecule has 0 amide bonds. The average Bonchev–Trinajstić information content (AvgIpc) is 2.79. The molecule has 30 heavy (non-hydrogen) atoms. The van der Waals surface area contributed by atoms with E-state index in [9.17, 15) is 8.42 Å². The van der Waals surface area contributed by atoms with Crippen molar-refractivity contribution in [1.29, 1.82) is 0 Å². The summed E-state index contributed by atoms with van der Waals surface area (Å²) in [5, 5.41) is 0. The van der Waals surface area contributed by atoms with Crippen LogP contribution in [0.15, 0.2) is 60.7 Å². The van der Waals surface area contributed by atoms with E-state index in [0.717, 1.165) is 24.0 Å². The summed E-state index contributed by atoms with van der Waals surface area (Å²) in [5.41, 5.74) is 10.2. The van der Waals surface area contributed by atoms with Crippen LogP contribution in [0.5, 0.6) is 0 Å². The minimum absolute atomic E-state index is 0. The third kappa shape index (κ3) is 8.76. The summed E-state index contributed by atoms with van der Waals surface area (Å²) in [7, 11) is 0.993. The zero-order chi connectivity index (χ0) is 21.1. The van der Waals surface area contributed by atoms with Gasteiger partial charge in [0.1, 0.15) is 0 Å². The fourth-order valence-corrected chi connectivity index (χ4v) is 5.15. The van der Waals surface area contributed by atoms with Crippen molar-refractivity contribution in [3.63, 3.8) is 0 Å². The van der Waals surface area contributed by atoms with Gasteiger partial charge in [0.05, 0.1) is 10.0 Å². The quantitative estimate of drug-likeness (QED) is 0.262. The minimum atomic E-state index is -3.58. The molecule has 0 radical (unpaired) electrons. The van der Waals surface area contributed by atoms with Gasteiger partial charge in [-0.1, -0.05) is 104 Å². The number of hydrogen-bond acceptors (Lipinski definition) is 2.